The monoisotopic (exact) mass is 480 g/mol. The van der Waals surface area contributed by atoms with E-state index in [1.54, 1.807) is 17.5 Å². The van der Waals surface area contributed by atoms with Crippen LogP contribution in [0.15, 0.2) is 16.8 Å². The number of aromatic nitrogens is 3. The van der Waals surface area contributed by atoms with Crippen LogP contribution >= 0.6 is 11.3 Å². The van der Waals surface area contributed by atoms with Crippen LogP contribution in [-0.4, -0.2) is 45.8 Å². The SMILES string of the molecule is C[C@H](Oc1nccc(-c2onc3c2CCC[C@@]32CCCc3sc(N)c(N)c32)n1)[C@@H]1CCCN1C. The minimum absolute atomic E-state index is 0.0161. The lowest BCUT2D eigenvalue weighted by atomic mass is 9.63. The van der Waals surface area contributed by atoms with Crippen molar-refractivity contribution in [2.24, 2.45) is 0 Å². The van der Waals surface area contributed by atoms with Crippen LogP contribution in [0.1, 0.15) is 67.1 Å². The zero-order chi connectivity index (χ0) is 23.4. The molecule has 3 aromatic heterocycles. The first-order valence-corrected chi connectivity index (χ1v) is 13.2. The van der Waals surface area contributed by atoms with Crippen LogP contribution in [0.2, 0.25) is 0 Å². The zero-order valence-electron chi connectivity index (χ0n) is 19.8. The Morgan fingerprint density at radius 1 is 1.24 bits per heavy atom. The van der Waals surface area contributed by atoms with Gasteiger partial charge in [-0.25, -0.2) is 4.98 Å². The molecule has 1 saturated heterocycles. The Bertz CT molecular complexity index is 1220. The smallest absolute Gasteiger partial charge is 0.317 e. The summed E-state index contributed by atoms with van der Waals surface area (Å²) >= 11 is 1.63. The van der Waals surface area contributed by atoms with Gasteiger partial charge in [-0.3, -0.25) is 4.90 Å². The Morgan fingerprint density at radius 2 is 2.06 bits per heavy atom. The molecular formula is C25H32N6O2S. The van der Waals surface area contributed by atoms with Gasteiger partial charge in [0.15, 0.2) is 5.76 Å². The predicted molar refractivity (Wildman–Crippen MR) is 133 cm³/mol. The van der Waals surface area contributed by atoms with Gasteiger partial charge in [-0.05, 0) is 77.9 Å². The van der Waals surface area contributed by atoms with Crippen molar-refractivity contribution in [3.8, 4) is 17.5 Å². The van der Waals surface area contributed by atoms with Crippen LogP contribution in [0.3, 0.4) is 0 Å². The second-order valence-corrected chi connectivity index (χ2v) is 11.2. The van der Waals surface area contributed by atoms with Crippen LogP contribution in [0.5, 0.6) is 6.01 Å². The van der Waals surface area contributed by atoms with Gasteiger partial charge in [0.1, 0.15) is 16.8 Å². The number of anilines is 2. The van der Waals surface area contributed by atoms with Crippen LogP contribution in [0, 0.1) is 0 Å². The first-order chi connectivity index (χ1) is 16.5. The highest BCUT2D eigenvalue weighted by molar-refractivity contribution is 7.16. The maximum atomic E-state index is 6.52. The van der Waals surface area contributed by atoms with E-state index in [0.717, 1.165) is 84.9 Å². The Morgan fingerprint density at radius 3 is 2.85 bits per heavy atom. The van der Waals surface area contributed by atoms with Crippen molar-refractivity contribution in [1.82, 2.24) is 20.0 Å². The molecule has 3 aliphatic rings. The van der Waals surface area contributed by atoms with Crippen LogP contribution in [0.4, 0.5) is 10.7 Å². The lowest BCUT2D eigenvalue weighted by molar-refractivity contribution is 0.112. The fourth-order valence-corrected chi connectivity index (χ4v) is 7.61. The molecule has 0 aromatic carbocycles. The van der Waals surface area contributed by atoms with Gasteiger partial charge in [-0.15, -0.1) is 11.3 Å². The van der Waals surface area contributed by atoms with E-state index in [9.17, 15) is 0 Å². The van der Waals surface area contributed by atoms with E-state index in [1.165, 1.54) is 16.9 Å². The minimum atomic E-state index is -0.213. The molecule has 1 fully saturated rings. The number of nitrogen functional groups attached to an aromatic ring is 2. The van der Waals surface area contributed by atoms with Crippen molar-refractivity contribution in [1.29, 1.82) is 0 Å². The Hall–Kier alpha value is -2.65. The minimum Gasteiger partial charge on any atom is -0.459 e. The number of thiophene rings is 1. The molecule has 8 nitrogen and oxygen atoms in total. The predicted octanol–water partition coefficient (Wildman–Crippen LogP) is 4.18. The average molecular weight is 481 g/mol. The number of nitrogens with two attached hydrogens (primary N) is 2. The fourth-order valence-electron chi connectivity index (χ4n) is 6.48. The van der Waals surface area contributed by atoms with E-state index < -0.39 is 0 Å². The first-order valence-electron chi connectivity index (χ1n) is 12.3. The van der Waals surface area contributed by atoms with Crippen molar-refractivity contribution in [2.75, 3.05) is 25.1 Å². The van der Waals surface area contributed by atoms with Crippen molar-refractivity contribution >= 4 is 22.0 Å². The van der Waals surface area contributed by atoms with Gasteiger partial charge in [-0.2, -0.15) is 4.98 Å². The Balaban J connectivity index is 1.35. The number of fused-ring (bicyclic) bond motifs is 4. The quantitative estimate of drug-likeness (QED) is 0.571. The standard InChI is InChI=1S/C25H32N6O2S/c1-14(17-7-5-13-31(17)2)32-24-28-12-9-16(29-24)21-15-6-3-10-25(22(15)30-33-21)11-4-8-18-19(25)20(26)23(27)34-18/h9,12,14,17H,3-8,10-11,13,26-27H2,1-2H3/t14-,17-,25-/m0/s1. The number of aryl methyl sites for hydroxylation is 1. The molecule has 1 aliphatic heterocycles. The lowest BCUT2D eigenvalue weighted by Gasteiger charge is -2.39. The maximum absolute atomic E-state index is 6.52. The number of ether oxygens (including phenoxy) is 1. The molecule has 4 heterocycles. The van der Waals surface area contributed by atoms with Crippen molar-refractivity contribution in [2.45, 2.75) is 75.9 Å². The number of nitrogens with zero attached hydrogens (tertiary/aromatic N) is 4. The van der Waals surface area contributed by atoms with Gasteiger partial charge in [0.05, 0.1) is 11.4 Å². The number of rotatable bonds is 4. The summed E-state index contributed by atoms with van der Waals surface area (Å²) < 4.78 is 12.2. The third-order valence-electron chi connectivity index (χ3n) is 8.08. The molecule has 6 rings (SSSR count). The molecule has 1 spiro atoms. The second-order valence-electron chi connectivity index (χ2n) is 10.0. The van der Waals surface area contributed by atoms with Gasteiger partial charge in [0.25, 0.3) is 0 Å². The highest BCUT2D eigenvalue weighted by Gasteiger charge is 2.47. The summed E-state index contributed by atoms with van der Waals surface area (Å²) in [6.45, 7) is 3.20. The normalized spacial score (nSPS) is 25.3. The fraction of sp³-hybridized carbons (Fsp3) is 0.560. The molecule has 3 aromatic rings. The first kappa shape index (κ1) is 21.9. The molecule has 0 radical (unpaired) electrons. The number of hydrogen-bond acceptors (Lipinski definition) is 9. The highest BCUT2D eigenvalue weighted by Crippen LogP contribution is 2.55. The topological polar surface area (TPSA) is 116 Å². The van der Waals surface area contributed by atoms with Gasteiger partial charge in [0.2, 0.25) is 0 Å². The maximum Gasteiger partial charge on any atom is 0.317 e. The van der Waals surface area contributed by atoms with Crippen LogP contribution < -0.4 is 16.2 Å². The molecular weight excluding hydrogens is 448 g/mol. The van der Waals surface area contributed by atoms with E-state index in [-0.39, 0.29) is 11.5 Å². The average Bonchev–Trinajstić information content (AvgIpc) is 3.53. The molecule has 180 valence electrons. The highest BCUT2D eigenvalue weighted by atomic mass is 32.1. The molecule has 2 aliphatic carbocycles. The second kappa shape index (κ2) is 8.23. The van der Waals surface area contributed by atoms with E-state index in [1.807, 2.05) is 6.07 Å². The van der Waals surface area contributed by atoms with Gasteiger partial charge in [-0.1, -0.05) is 5.16 Å². The summed E-state index contributed by atoms with van der Waals surface area (Å²) in [7, 11) is 2.15. The number of likely N-dealkylation sites (N-methyl/N-ethyl adjacent to an activating group) is 1. The summed E-state index contributed by atoms with van der Waals surface area (Å²) in [5, 5.41) is 5.37. The third-order valence-corrected chi connectivity index (χ3v) is 9.18. The molecule has 3 atom stereocenters. The molecule has 0 bridgehead atoms. The Kier molecular flexibility index (Phi) is 5.29. The van der Waals surface area contributed by atoms with Crippen molar-refractivity contribution in [3.63, 3.8) is 0 Å². The van der Waals surface area contributed by atoms with Gasteiger partial charge < -0.3 is 20.7 Å². The zero-order valence-corrected chi connectivity index (χ0v) is 20.7. The van der Waals surface area contributed by atoms with Crippen molar-refractivity contribution < 1.29 is 9.26 Å². The number of likely N-dealkylation sites (tertiary alicyclic amines) is 1. The Labute approximate surface area is 203 Å². The van der Waals surface area contributed by atoms with Gasteiger partial charge >= 0.3 is 6.01 Å². The van der Waals surface area contributed by atoms with E-state index in [4.69, 9.17) is 25.7 Å². The molecule has 34 heavy (non-hydrogen) atoms. The summed E-state index contributed by atoms with van der Waals surface area (Å²) in [6, 6.07) is 2.65. The molecule has 0 saturated carbocycles. The summed E-state index contributed by atoms with van der Waals surface area (Å²) in [5.41, 5.74) is 17.4. The molecule has 9 heteroatoms. The van der Waals surface area contributed by atoms with E-state index >= 15 is 0 Å². The van der Waals surface area contributed by atoms with Crippen molar-refractivity contribution in [3.05, 3.63) is 34.0 Å². The summed E-state index contributed by atoms with van der Waals surface area (Å²) in [6.07, 6.45) is 10.2. The molecule has 0 unspecified atom stereocenters. The van der Waals surface area contributed by atoms with E-state index in [2.05, 4.69) is 29.0 Å². The molecule has 4 N–H and O–H groups in total. The van der Waals surface area contributed by atoms with Crippen LogP contribution in [-0.2, 0) is 18.3 Å². The van der Waals surface area contributed by atoms with Crippen LogP contribution in [0.25, 0.3) is 11.5 Å². The summed E-state index contributed by atoms with van der Waals surface area (Å²) in [5.74, 6) is 0.723. The van der Waals surface area contributed by atoms with Gasteiger partial charge in [0, 0.05) is 33.7 Å². The van der Waals surface area contributed by atoms with E-state index in [0.29, 0.717) is 12.1 Å². The largest absolute Gasteiger partial charge is 0.459 e. The lowest BCUT2D eigenvalue weighted by Crippen LogP contribution is -2.38. The molecule has 0 amide bonds. The number of hydrogen-bond donors (Lipinski definition) is 2. The third kappa shape index (κ3) is 3.32. The summed E-state index contributed by atoms with van der Waals surface area (Å²) in [4.78, 5) is 12.8.